The van der Waals surface area contributed by atoms with Crippen molar-refractivity contribution in [3.63, 3.8) is 0 Å². The van der Waals surface area contributed by atoms with Crippen LogP contribution in [-0.2, 0) is 9.05 Å². The molecule has 1 saturated heterocycles. The van der Waals surface area contributed by atoms with Crippen LogP contribution in [-0.4, -0.2) is 13.2 Å². The molecule has 0 atom stereocenters. The van der Waals surface area contributed by atoms with Crippen molar-refractivity contribution in [2.24, 2.45) is 0 Å². The summed E-state index contributed by atoms with van der Waals surface area (Å²) in [6.07, 6.45) is 0. The van der Waals surface area contributed by atoms with Crippen molar-refractivity contribution in [2.45, 2.75) is 0 Å². The van der Waals surface area contributed by atoms with Crippen LogP contribution in [0.3, 0.4) is 0 Å². The van der Waals surface area contributed by atoms with Crippen LogP contribution in [0.15, 0.2) is 24.3 Å². The summed E-state index contributed by atoms with van der Waals surface area (Å²) in [6, 6.07) is 5.32. The molecule has 1 fully saturated rings. The first-order valence-corrected chi connectivity index (χ1v) is 5.63. The summed E-state index contributed by atoms with van der Waals surface area (Å²) in [5.74, 6) is -0.471. The van der Waals surface area contributed by atoms with Gasteiger partial charge >= 0.3 is 74.3 Å². The van der Waals surface area contributed by atoms with E-state index in [4.69, 9.17) is 9.05 Å². The topological polar surface area (TPSA) is 18.5 Å². The van der Waals surface area contributed by atoms with Gasteiger partial charge in [0.15, 0.2) is 0 Å². The molecule has 0 bridgehead atoms. The summed E-state index contributed by atoms with van der Waals surface area (Å²) in [5, 5.41) is 0.199. The average Bonchev–Trinajstić information content (AvgIpc) is 2.54. The van der Waals surface area contributed by atoms with Crippen LogP contribution >= 0.6 is 8.03 Å². The zero-order valence-electron chi connectivity index (χ0n) is 6.80. The third-order valence-electron chi connectivity index (χ3n) is 1.83. The molecule has 5 heteroatoms. The number of halogens is 2. The van der Waals surface area contributed by atoms with Gasteiger partial charge in [-0.15, -0.1) is 0 Å². The molecule has 1 aromatic rings. The predicted molar refractivity (Wildman–Crippen MR) is 47.4 cm³/mol. The zero-order valence-corrected chi connectivity index (χ0v) is 7.80. The molecular formula is C8H9F2O2P. The first-order chi connectivity index (χ1) is 6.21. The fourth-order valence-corrected chi connectivity index (χ4v) is 2.94. The molecule has 0 N–H and O–H groups in total. The summed E-state index contributed by atoms with van der Waals surface area (Å²) in [5.41, 5.74) is 0. The molecule has 2 rings (SSSR count). The summed E-state index contributed by atoms with van der Waals surface area (Å²) in [6.45, 7) is 0.498. The van der Waals surface area contributed by atoms with E-state index in [2.05, 4.69) is 0 Å². The van der Waals surface area contributed by atoms with E-state index in [1.807, 2.05) is 0 Å². The Morgan fingerprint density at radius 2 is 1.92 bits per heavy atom. The monoisotopic (exact) mass is 206 g/mol. The second kappa shape index (κ2) is 3.29. The van der Waals surface area contributed by atoms with E-state index in [0.717, 1.165) is 6.07 Å². The quantitative estimate of drug-likeness (QED) is 0.654. The Bertz CT molecular complexity index is 313. The molecule has 1 aromatic carbocycles. The molecule has 2 nitrogen and oxygen atoms in total. The van der Waals surface area contributed by atoms with Crippen LogP contribution in [0.5, 0.6) is 0 Å². The summed E-state index contributed by atoms with van der Waals surface area (Å²) in [4.78, 5) is 0. The summed E-state index contributed by atoms with van der Waals surface area (Å²) >= 11 is 0. The van der Waals surface area contributed by atoms with Crippen molar-refractivity contribution < 1.29 is 17.6 Å². The van der Waals surface area contributed by atoms with Crippen LogP contribution in [0.2, 0.25) is 0 Å². The van der Waals surface area contributed by atoms with Gasteiger partial charge in [0.2, 0.25) is 0 Å². The van der Waals surface area contributed by atoms with Gasteiger partial charge in [0.1, 0.15) is 0 Å². The number of hydrogen-bond donors (Lipinski definition) is 0. The Morgan fingerprint density at radius 1 is 1.23 bits per heavy atom. The van der Waals surface area contributed by atoms with Crippen LogP contribution in [0.4, 0.5) is 8.59 Å². The molecule has 13 heavy (non-hydrogen) atoms. The Hall–Kier alpha value is -0.570. The fraction of sp³-hybridized carbons (Fsp3) is 0.250. The van der Waals surface area contributed by atoms with E-state index >= 15 is 0 Å². The van der Waals surface area contributed by atoms with Crippen LogP contribution in [0, 0.1) is 5.82 Å². The first-order valence-electron chi connectivity index (χ1n) is 3.93. The molecular weight excluding hydrogens is 197 g/mol. The van der Waals surface area contributed by atoms with Gasteiger partial charge in [-0.05, 0) is 0 Å². The summed E-state index contributed by atoms with van der Waals surface area (Å²) in [7, 11) is -3.73. The van der Waals surface area contributed by atoms with Crippen molar-refractivity contribution in [1.29, 1.82) is 0 Å². The van der Waals surface area contributed by atoms with E-state index in [9.17, 15) is 8.59 Å². The third kappa shape index (κ3) is 1.70. The van der Waals surface area contributed by atoms with Gasteiger partial charge in [-0.3, -0.25) is 0 Å². The van der Waals surface area contributed by atoms with E-state index in [0.29, 0.717) is 0 Å². The van der Waals surface area contributed by atoms with Gasteiger partial charge in [-0.1, -0.05) is 0 Å². The first kappa shape index (κ1) is 9.00. The number of benzene rings is 1. The predicted octanol–water partition coefficient (Wildman–Crippen LogP) is 1.96. The Labute approximate surface area is 75.1 Å². The molecule has 0 saturated carbocycles. The second-order valence-corrected chi connectivity index (χ2v) is 4.97. The maximum absolute atomic E-state index is 13.8. The minimum atomic E-state index is -3.73. The molecule has 0 radical (unpaired) electrons. The second-order valence-electron chi connectivity index (χ2n) is 2.74. The van der Waals surface area contributed by atoms with Gasteiger partial charge < -0.3 is 0 Å². The number of rotatable bonds is 1. The van der Waals surface area contributed by atoms with Crippen molar-refractivity contribution in [3.8, 4) is 0 Å². The number of hydrogen-bond acceptors (Lipinski definition) is 2. The molecule has 1 heterocycles. The van der Waals surface area contributed by atoms with Crippen molar-refractivity contribution in [3.05, 3.63) is 30.1 Å². The van der Waals surface area contributed by atoms with E-state index in [1.165, 1.54) is 18.2 Å². The van der Waals surface area contributed by atoms with Crippen molar-refractivity contribution >= 4 is 13.3 Å². The van der Waals surface area contributed by atoms with E-state index in [-0.39, 0.29) is 18.5 Å². The van der Waals surface area contributed by atoms with Gasteiger partial charge in [-0.2, -0.15) is 0 Å². The van der Waals surface area contributed by atoms with Gasteiger partial charge in [0.25, 0.3) is 0 Å². The molecule has 0 aliphatic carbocycles. The van der Waals surface area contributed by atoms with Crippen molar-refractivity contribution in [2.75, 3.05) is 13.2 Å². The Morgan fingerprint density at radius 3 is 2.54 bits per heavy atom. The normalized spacial score (nSPS) is 22.9. The molecule has 0 aromatic heterocycles. The zero-order chi connectivity index (χ0) is 9.31. The molecule has 0 unspecified atom stereocenters. The minimum absolute atomic E-state index is 0.199. The average molecular weight is 206 g/mol. The SMILES string of the molecule is Fc1cccc([PH]2(F)OCCO2)c1. The Kier molecular flexibility index (Phi) is 2.28. The van der Waals surface area contributed by atoms with Crippen LogP contribution < -0.4 is 5.30 Å². The molecule has 0 spiro atoms. The maximum atomic E-state index is 13.8. The molecule has 1 aliphatic heterocycles. The summed E-state index contributed by atoms with van der Waals surface area (Å²) < 4.78 is 36.2. The van der Waals surface area contributed by atoms with Gasteiger partial charge in [-0.25, -0.2) is 0 Å². The molecule has 72 valence electrons. The third-order valence-corrected chi connectivity index (χ3v) is 3.98. The van der Waals surface area contributed by atoms with Crippen LogP contribution in [0.1, 0.15) is 0 Å². The van der Waals surface area contributed by atoms with E-state index in [1.54, 1.807) is 0 Å². The van der Waals surface area contributed by atoms with Gasteiger partial charge in [0.05, 0.1) is 0 Å². The van der Waals surface area contributed by atoms with E-state index < -0.39 is 13.8 Å². The van der Waals surface area contributed by atoms with Crippen molar-refractivity contribution in [1.82, 2.24) is 0 Å². The Balaban J connectivity index is 2.33. The van der Waals surface area contributed by atoms with Crippen LogP contribution in [0.25, 0.3) is 0 Å². The van der Waals surface area contributed by atoms with Gasteiger partial charge in [0, 0.05) is 0 Å². The molecule has 0 amide bonds. The fourth-order valence-electron chi connectivity index (χ4n) is 1.23. The molecule has 1 aliphatic rings. The standard InChI is InChI=1S/C8H9F2O2P/c9-7-2-1-3-8(6-7)13(10)11-4-5-12-13/h1-3,6,13H,4-5H2.